The lowest BCUT2D eigenvalue weighted by molar-refractivity contribution is 0.0944. The summed E-state index contributed by atoms with van der Waals surface area (Å²) >= 11 is 0. The Kier molecular flexibility index (Phi) is 4.61. The highest BCUT2D eigenvalue weighted by Gasteiger charge is 2.11. The van der Waals surface area contributed by atoms with Gasteiger partial charge in [0, 0.05) is 18.8 Å². The van der Waals surface area contributed by atoms with Crippen molar-refractivity contribution in [3.63, 3.8) is 0 Å². The standard InChI is InChI=1S/C12H16N4O/c1-8(2)10(14)7-16-12(17)11-4-3-9(5-13)6-15-11/h3-4,6,8,10H,7,14H2,1-2H3,(H,16,17). The molecule has 90 valence electrons. The van der Waals surface area contributed by atoms with Gasteiger partial charge in [-0.15, -0.1) is 0 Å². The maximum atomic E-state index is 11.7. The SMILES string of the molecule is CC(C)C(N)CNC(=O)c1ccc(C#N)cn1. The second-order valence-corrected chi connectivity index (χ2v) is 4.16. The highest BCUT2D eigenvalue weighted by Crippen LogP contribution is 2.00. The summed E-state index contributed by atoms with van der Waals surface area (Å²) in [6, 6.07) is 4.95. The van der Waals surface area contributed by atoms with Crippen LogP contribution in [0.3, 0.4) is 0 Å². The minimum absolute atomic E-state index is 0.0719. The second-order valence-electron chi connectivity index (χ2n) is 4.16. The molecule has 0 aliphatic heterocycles. The number of nitrogens with two attached hydrogens (primary N) is 1. The molecule has 0 saturated carbocycles. The zero-order valence-corrected chi connectivity index (χ0v) is 9.97. The Labute approximate surface area is 101 Å². The maximum Gasteiger partial charge on any atom is 0.269 e. The van der Waals surface area contributed by atoms with E-state index in [4.69, 9.17) is 11.0 Å². The molecule has 0 saturated heterocycles. The van der Waals surface area contributed by atoms with E-state index in [0.717, 1.165) is 0 Å². The van der Waals surface area contributed by atoms with Crippen LogP contribution in [0.25, 0.3) is 0 Å². The largest absolute Gasteiger partial charge is 0.349 e. The number of nitriles is 1. The molecular weight excluding hydrogens is 216 g/mol. The molecule has 1 rings (SSSR count). The summed E-state index contributed by atoms with van der Waals surface area (Å²) in [6.07, 6.45) is 1.37. The zero-order valence-electron chi connectivity index (χ0n) is 9.97. The molecule has 5 heteroatoms. The van der Waals surface area contributed by atoms with Crippen LogP contribution in [0.5, 0.6) is 0 Å². The van der Waals surface area contributed by atoms with E-state index in [9.17, 15) is 4.79 Å². The molecule has 0 fully saturated rings. The van der Waals surface area contributed by atoms with Crippen molar-refractivity contribution in [3.8, 4) is 6.07 Å². The van der Waals surface area contributed by atoms with Gasteiger partial charge in [-0.1, -0.05) is 13.8 Å². The van der Waals surface area contributed by atoms with Gasteiger partial charge in [-0.3, -0.25) is 4.79 Å². The van der Waals surface area contributed by atoms with Crippen LogP contribution in [0, 0.1) is 17.2 Å². The molecule has 1 aromatic rings. The molecule has 3 N–H and O–H groups in total. The molecule has 1 atom stereocenters. The van der Waals surface area contributed by atoms with E-state index in [2.05, 4.69) is 10.3 Å². The van der Waals surface area contributed by atoms with E-state index in [1.807, 2.05) is 19.9 Å². The van der Waals surface area contributed by atoms with Crippen LogP contribution < -0.4 is 11.1 Å². The average Bonchev–Trinajstić information content (AvgIpc) is 2.35. The predicted molar refractivity (Wildman–Crippen MR) is 64.1 cm³/mol. The molecule has 0 radical (unpaired) electrons. The molecule has 0 aromatic carbocycles. The molecule has 17 heavy (non-hydrogen) atoms. The number of pyridine rings is 1. The first kappa shape index (κ1) is 13.1. The van der Waals surface area contributed by atoms with E-state index in [1.54, 1.807) is 6.07 Å². The van der Waals surface area contributed by atoms with Crippen molar-refractivity contribution >= 4 is 5.91 Å². The molecule has 5 nitrogen and oxygen atoms in total. The summed E-state index contributed by atoms with van der Waals surface area (Å²) < 4.78 is 0. The smallest absolute Gasteiger partial charge is 0.269 e. The van der Waals surface area contributed by atoms with E-state index < -0.39 is 0 Å². The fourth-order valence-corrected chi connectivity index (χ4v) is 1.13. The number of nitrogens with one attached hydrogen (secondary N) is 1. The molecule has 1 amide bonds. The molecule has 0 aliphatic carbocycles. The third-order valence-corrected chi connectivity index (χ3v) is 2.48. The van der Waals surface area contributed by atoms with Crippen molar-refractivity contribution in [2.75, 3.05) is 6.54 Å². The lowest BCUT2D eigenvalue weighted by atomic mass is 10.1. The number of rotatable bonds is 4. The third-order valence-electron chi connectivity index (χ3n) is 2.48. The van der Waals surface area contributed by atoms with E-state index >= 15 is 0 Å². The van der Waals surface area contributed by atoms with Crippen LogP contribution in [-0.2, 0) is 0 Å². The minimum atomic E-state index is -0.273. The van der Waals surface area contributed by atoms with E-state index in [-0.39, 0.29) is 11.9 Å². The first-order valence-corrected chi connectivity index (χ1v) is 5.44. The van der Waals surface area contributed by atoms with Crippen molar-refractivity contribution in [1.29, 1.82) is 5.26 Å². The Bertz CT molecular complexity index is 419. The predicted octanol–water partition coefficient (Wildman–Crippen LogP) is 0.666. The highest BCUT2D eigenvalue weighted by atomic mass is 16.1. The Balaban J connectivity index is 2.56. The van der Waals surface area contributed by atoms with Gasteiger partial charge in [-0.25, -0.2) is 4.98 Å². The van der Waals surface area contributed by atoms with Gasteiger partial charge in [0.2, 0.25) is 0 Å². The van der Waals surface area contributed by atoms with E-state index in [1.165, 1.54) is 12.3 Å². The van der Waals surface area contributed by atoms with Gasteiger partial charge in [0.15, 0.2) is 0 Å². The third kappa shape index (κ3) is 3.85. The molecule has 0 aliphatic rings. The van der Waals surface area contributed by atoms with Crippen LogP contribution in [0.4, 0.5) is 0 Å². The van der Waals surface area contributed by atoms with Crippen LogP contribution in [0.1, 0.15) is 29.9 Å². The van der Waals surface area contributed by atoms with Crippen molar-refractivity contribution < 1.29 is 4.79 Å². The fourth-order valence-electron chi connectivity index (χ4n) is 1.13. The molecule has 0 bridgehead atoms. The van der Waals surface area contributed by atoms with Crippen molar-refractivity contribution in [3.05, 3.63) is 29.6 Å². The van der Waals surface area contributed by atoms with Gasteiger partial charge in [0.05, 0.1) is 5.56 Å². The van der Waals surface area contributed by atoms with Gasteiger partial charge in [0.1, 0.15) is 11.8 Å². The first-order chi connectivity index (χ1) is 8.04. The Morgan fingerprint density at radius 1 is 1.59 bits per heavy atom. The number of amides is 1. The molecule has 1 heterocycles. The number of nitrogens with zero attached hydrogens (tertiary/aromatic N) is 2. The molecule has 1 unspecified atom stereocenters. The fraction of sp³-hybridized carbons (Fsp3) is 0.417. The Morgan fingerprint density at radius 2 is 2.29 bits per heavy atom. The lowest BCUT2D eigenvalue weighted by Crippen LogP contribution is -2.40. The van der Waals surface area contributed by atoms with Gasteiger partial charge in [-0.2, -0.15) is 5.26 Å². The lowest BCUT2D eigenvalue weighted by Gasteiger charge is -2.15. The Morgan fingerprint density at radius 3 is 2.76 bits per heavy atom. The van der Waals surface area contributed by atoms with Crippen molar-refractivity contribution in [2.45, 2.75) is 19.9 Å². The topological polar surface area (TPSA) is 91.8 Å². The maximum absolute atomic E-state index is 11.7. The number of hydrogen-bond acceptors (Lipinski definition) is 4. The average molecular weight is 232 g/mol. The van der Waals surface area contributed by atoms with E-state index in [0.29, 0.717) is 23.7 Å². The summed E-state index contributed by atoms with van der Waals surface area (Å²) in [5, 5.41) is 11.3. The van der Waals surface area contributed by atoms with Crippen LogP contribution in [0.2, 0.25) is 0 Å². The van der Waals surface area contributed by atoms with Crippen LogP contribution in [-0.4, -0.2) is 23.5 Å². The highest BCUT2D eigenvalue weighted by molar-refractivity contribution is 5.92. The number of aromatic nitrogens is 1. The van der Waals surface area contributed by atoms with Crippen LogP contribution in [0.15, 0.2) is 18.3 Å². The molecular formula is C12H16N4O. The van der Waals surface area contributed by atoms with Crippen molar-refractivity contribution in [1.82, 2.24) is 10.3 Å². The second kappa shape index (κ2) is 5.97. The summed E-state index contributed by atoms with van der Waals surface area (Å²) in [5.41, 5.74) is 6.53. The normalized spacial score (nSPS) is 11.9. The number of hydrogen-bond donors (Lipinski definition) is 2. The zero-order chi connectivity index (χ0) is 12.8. The number of carbonyl (C=O) groups is 1. The van der Waals surface area contributed by atoms with Crippen LogP contribution >= 0.6 is 0 Å². The van der Waals surface area contributed by atoms with Gasteiger partial charge >= 0.3 is 0 Å². The summed E-state index contributed by atoms with van der Waals surface area (Å²) in [5.74, 6) is 0.0369. The minimum Gasteiger partial charge on any atom is -0.349 e. The van der Waals surface area contributed by atoms with Gasteiger partial charge in [-0.05, 0) is 18.1 Å². The Hall–Kier alpha value is -1.93. The molecule has 1 aromatic heterocycles. The molecule has 0 spiro atoms. The number of carbonyl (C=O) groups excluding carboxylic acids is 1. The monoisotopic (exact) mass is 232 g/mol. The van der Waals surface area contributed by atoms with Gasteiger partial charge in [0.25, 0.3) is 5.91 Å². The summed E-state index contributed by atoms with van der Waals surface area (Å²) in [4.78, 5) is 15.6. The first-order valence-electron chi connectivity index (χ1n) is 5.44. The summed E-state index contributed by atoms with van der Waals surface area (Å²) in [6.45, 7) is 4.41. The summed E-state index contributed by atoms with van der Waals surface area (Å²) in [7, 11) is 0. The van der Waals surface area contributed by atoms with Gasteiger partial charge < -0.3 is 11.1 Å². The van der Waals surface area contributed by atoms with Crippen molar-refractivity contribution in [2.24, 2.45) is 11.7 Å². The quantitative estimate of drug-likeness (QED) is 0.798.